The molecule has 0 bridgehead atoms. The molecule has 0 aromatic heterocycles. The molecule has 0 aromatic carbocycles. The lowest BCUT2D eigenvalue weighted by Crippen LogP contribution is -1.93. The Hall–Kier alpha value is -0.0151. The van der Waals surface area contributed by atoms with Gasteiger partial charge in [0.15, 0.2) is 0 Å². The van der Waals surface area contributed by atoms with E-state index in [1.54, 1.807) is 8.05 Å². The standard InChI is InChI=1S/C2H7BO2/c3-5-2-1-4/h4H,1-3H2. The lowest BCUT2D eigenvalue weighted by Gasteiger charge is -1.84. The van der Waals surface area contributed by atoms with Crippen LogP contribution in [-0.4, -0.2) is 26.4 Å². The van der Waals surface area contributed by atoms with Gasteiger partial charge in [-0.1, -0.05) is 0 Å². The van der Waals surface area contributed by atoms with Gasteiger partial charge in [0.05, 0.1) is 13.2 Å². The van der Waals surface area contributed by atoms with E-state index in [4.69, 9.17) is 5.11 Å². The van der Waals surface area contributed by atoms with Gasteiger partial charge in [-0.25, -0.2) is 0 Å². The fourth-order valence-electron chi connectivity index (χ4n) is 0.0913. The first-order valence-corrected chi connectivity index (χ1v) is 1.51. The molecule has 0 aliphatic rings. The zero-order valence-corrected chi connectivity index (χ0v) is 3.27. The van der Waals surface area contributed by atoms with Crippen LogP contribution in [0.2, 0.25) is 0 Å². The molecule has 0 rings (SSSR count). The smallest absolute Gasteiger partial charge is 0.257 e. The molecule has 0 aromatic rings. The van der Waals surface area contributed by atoms with E-state index in [1.165, 1.54) is 0 Å². The van der Waals surface area contributed by atoms with E-state index in [0.717, 1.165) is 0 Å². The van der Waals surface area contributed by atoms with Crippen molar-refractivity contribution in [3.8, 4) is 0 Å². The molecule has 0 spiro atoms. The molecule has 0 fully saturated rings. The highest BCUT2D eigenvalue weighted by atomic mass is 16.4. The summed E-state index contributed by atoms with van der Waals surface area (Å²) in [5, 5.41) is 7.94. The summed E-state index contributed by atoms with van der Waals surface area (Å²) in [7, 11) is 1.55. The number of rotatable bonds is 2. The van der Waals surface area contributed by atoms with Crippen molar-refractivity contribution in [3.63, 3.8) is 0 Å². The van der Waals surface area contributed by atoms with Crippen LogP contribution in [0.5, 0.6) is 0 Å². The van der Waals surface area contributed by atoms with Crippen molar-refractivity contribution < 1.29 is 9.76 Å². The van der Waals surface area contributed by atoms with Crippen molar-refractivity contribution in [2.24, 2.45) is 0 Å². The summed E-state index contributed by atoms with van der Waals surface area (Å²) in [4.78, 5) is 0. The third-order valence-corrected chi connectivity index (χ3v) is 0.295. The Bertz CT molecular complexity index is 15.1. The van der Waals surface area contributed by atoms with Gasteiger partial charge in [0, 0.05) is 0 Å². The van der Waals surface area contributed by atoms with Gasteiger partial charge < -0.3 is 9.76 Å². The Labute approximate surface area is 32.2 Å². The molecule has 0 unspecified atom stereocenters. The molecule has 1 N–H and O–H groups in total. The molecule has 5 heavy (non-hydrogen) atoms. The maximum atomic E-state index is 7.94. The molecule has 0 aliphatic carbocycles. The minimum atomic E-state index is 0.122. The first-order chi connectivity index (χ1) is 2.41. The lowest BCUT2D eigenvalue weighted by molar-refractivity contribution is 0.212. The lowest BCUT2D eigenvalue weighted by atomic mass is 10.6. The topological polar surface area (TPSA) is 29.5 Å². The molecule has 0 heterocycles. The number of aliphatic hydroxyl groups excluding tert-OH is 1. The minimum Gasteiger partial charge on any atom is -0.442 e. The predicted octanol–water partition coefficient (Wildman–Crippen LogP) is -1.46. The third-order valence-electron chi connectivity index (χ3n) is 0.295. The van der Waals surface area contributed by atoms with E-state index in [1.807, 2.05) is 0 Å². The van der Waals surface area contributed by atoms with Crippen molar-refractivity contribution in [2.45, 2.75) is 0 Å². The van der Waals surface area contributed by atoms with Gasteiger partial charge in [-0.15, -0.1) is 0 Å². The Balaban J connectivity index is 2.19. The Morgan fingerprint density at radius 2 is 2.40 bits per heavy atom. The number of aliphatic hydroxyl groups is 1. The molecular weight excluding hydrogens is 66.8 g/mol. The summed E-state index contributed by atoms with van der Waals surface area (Å²) in [5.41, 5.74) is 0. The SMILES string of the molecule is BOCCO. The predicted molar refractivity (Wildman–Crippen MR) is 21.6 cm³/mol. The third kappa shape index (κ3) is 3.98. The fourth-order valence-corrected chi connectivity index (χ4v) is 0.0913. The number of hydrogen-bond donors (Lipinski definition) is 1. The molecule has 30 valence electrons. The quantitative estimate of drug-likeness (QED) is 0.406. The van der Waals surface area contributed by atoms with Crippen LogP contribution in [-0.2, 0) is 4.65 Å². The van der Waals surface area contributed by atoms with Crippen LogP contribution in [0.1, 0.15) is 0 Å². The van der Waals surface area contributed by atoms with Gasteiger partial charge >= 0.3 is 0 Å². The summed E-state index contributed by atoms with van der Waals surface area (Å²) in [5.74, 6) is 0. The van der Waals surface area contributed by atoms with Crippen LogP contribution in [0.4, 0.5) is 0 Å². The van der Waals surface area contributed by atoms with Gasteiger partial charge in [-0.05, 0) is 0 Å². The second-order valence-corrected chi connectivity index (χ2v) is 0.716. The van der Waals surface area contributed by atoms with E-state index in [9.17, 15) is 0 Å². The molecule has 3 heteroatoms. The highest BCUT2D eigenvalue weighted by Crippen LogP contribution is 1.55. The molecule has 0 saturated heterocycles. The van der Waals surface area contributed by atoms with E-state index in [-0.39, 0.29) is 6.61 Å². The summed E-state index contributed by atoms with van der Waals surface area (Å²) < 4.78 is 4.44. The maximum Gasteiger partial charge on any atom is 0.257 e. The van der Waals surface area contributed by atoms with Crippen molar-refractivity contribution in [3.05, 3.63) is 0 Å². The van der Waals surface area contributed by atoms with Gasteiger partial charge in [0.1, 0.15) is 0 Å². The summed E-state index contributed by atoms with van der Waals surface area (Å²) in [6.07, 6.45) is 0. The molecule has 0 radical (unpaired) electrons. The molecule has 0 aliphatic heterocycles. The molecule has 0 amide bonds. The molecule has 2 nitrogen and oxygen atoms in total. The fraction of sp³-hybridized carbons (Fsp3) is 1.00. The first kappa shape index (κ1) is 4.98. The van der Waals surface area contributed by atoms with E-state index in [0.29, 0.717) is 6.61 Å². The highest BCUT2D eigenvalue weighted by molar-refractivity contribution is 5.97. The average Bonchev–Trinajstić information content (AvgIpc) is 1.41. The number of hydrogen-bond acceptors (Lipinski definition) is 2. The summed E-state index contributed by atoms with van der Waals surface area (Å²) >= 11 is 0. The normalized spacial score (nSPS) is 8.20. The molecule has 0 saturated carbocycles. The van der Waals surface area contributed by atoms with Crippen molar-refractivity contribution in [1.82, 2.24) is 0 Å². The molecular formula is C2H7BO2. The van der Waals surface area contributed by atoms with E-state index < -0.39 is 0 Å². The summed E-state index contributed by atoms with van der Waals surface area (Å²) in [6, 6.07) is 0. The van der Waals surface area contributed by atoms with Crippen LogP contribution in [0.3, 0.4) is 0 Å². The maximum absolute atomic E-state index is 7.94. The van der Waals surface area contributed by atoms with Crippen LogP contribution in [0.25, 0.3) is 0 Å². The van der Waals surface area contributed by atoms with Crippen LogP contribution in [0.15, 0.2) is 0 Å². The Kier molecular flexibility index (Phi) is 3.97. The van der Waals surface area contributed by atoms with Gasteiger partial charge in [-0.2, -0.15) is 0 Å². The Morgan fingerprint density at radius 1 is 1.80 bits per heavy atom. The van der Waals surface area contributed by atoms with Crippen LogP contribution in [0, 0.1) is 0 Å². The van der Waals surface area contributed by atoms with Crippen LogP contribution < -0.4 is 0 Å². The second-order valence-electron chi connectivity index (χ2n) is 0.716. The van der Waals surface area contributed by atoms with Crippen LogP contribution >= 0.6 is 0 Å². The summed E-state index contributed by atoms with van der Waals surface area (Å²) in [6.45, 7) is 0.566. The average molecular weight is 73.9 g/mol. The van der Waals surface area contributed by atoms with E-state index >= 15 is 0 Å². The van der Waals surface area contributed by atoms with Crippen molar-refractivity contribution in [1.29, 1.82) is 0 Å². The zero-order valence-electron chi connectivity index (χ0n) is 3.27. The van der Waals surface area contributed by atoms with Gasteiger partial charge in [0.2, 0.25) is 0 Å². The highest BCUT2D eigenvalue weighted by Gasteiger charge is 1.67. The van der Waals surface area contributed by atoms with Crippen molar-refractivity contribution >= 4 is 8.05 Å². The zero-order chi connectivity index (χ0) is 4.12. The second kappa shape index (κ2) is 3.98. The first-order valence-electron chi connectivity index (χ1n) is 1.51. The van der Waals surface area contributed by atoms with Gasteiger partial charge in [0.25, 0.3) is 8.05 Å². The molecule has 0 atom stereocenters. The van der Waals surface area contributed by atoms with E-state index in [2.05, 4.69) is 4.65 Å². The Morgan fingerprint density at radius 3 is 2.40 bits per heavy atom. The van der Waals surface area contributed by atoms with Crippen molar-refractivity contribution in [2.75, 3.05) is 13.2 Å². The minimum absolute atomic E-state index is 0.122. The largest absolute Gasteiger partial charge is 0.442 e. The van der Waals surface area contributed by atoms with Gasteiger partial charge in [-0.3, -0.25) is 0 Å². The monoisotopic (exact) mass is 74.1 g/mol.